The van der Waals surface area contributed by atoms with Crippen LogP contribution in [-0.4, -0.2) is 17.1 Å². The lowest BCUT2D eigenvalue weighted by molar-refractivity contribution is -0.139. The van der Waals surface area contributed by atoms with Crippen LogP contribution < -0.4 is 5.73 Å². The maximum atomic E-state index is 10.6. The fraction of sp³-hybridized carbons (Fsp3) is 0.364. The molecule has 0 saturated heterocycles. The highest BCUT2D eigenvalue weighted by molar-refractivity contribution is 5.73. The Morgan fingerprint density at radius 3 is 2.50 bits per heavy atom. The first-order valence-corrected chi connectivity index (χ1v) is 4.63. The molecule has 3 heteroatoms. The van der Waals surface area contributed by atoms with Gasteiger partial charge in [0.15, 0.2) is 0 Å². The second-order valence-electron chi connectivity index (χ2n) is 3.53. The lowest BCUT2D eigenvalue weighted by atomic mass is 9.95. The van der Waals surface area contributed by atoms with Crippen LogP contribution in [0.5, 0.6) is 0 Å². The van der Waals surface area contributed by atoms with Crippen LogP contribution >= 0.6 is 0 Å². The smallest absolute Gasteiger partial charge is 0.320 e. The van der Waals surface area contributed by atoms with Crippen molar-refractivity contribution in [3.63, 3.8) is 0 Å². The van der Waals surface area contributed by atoms with Crippen molar-refractivity contribution in [2.24, 2.45) is 11.7 Å². The molecule has 0 aliphatic heterocycles. The molecule has 0 fully saturated rings. The van der Waals surface area contributed by atoms with E-state index >= 15 is 0 Å². The Hall–Kier alpha value is -1.35. The minimum Gasteiger partial charge on any atom is -0.480 e. The molecule has 14 heavy (non-hydrogen) atoms. The zero-order valence-electron chi connectivity index (χ0n) is 8.18. The highest BCUT2D eigenvalue weighted by Crippen LogP contribution is 2.10. The fourth-order valence-corrected chi connectivity index (χ4v) is 1.36. The number of carbonyl (C=O) groups is 1. The summed E-state index contributed by atoms with van der Waals surface area (Å²) in [6, 6.07) is 8.99. The van der Waals surface area contributed by atoms with Gasteiger partial charge < -0.3 is 10.8 Å². The van der Waals surface area contributed by atoms with Crippen molar-refractivity contribution < 1.29 is 9.90 Å². The summed E-state index contributed by atoms with van der Waals surface area (Å²) in [5.41, 5.74) is 6.63. The molecule has 0 spiro atoms. The van der Waals surface area contributed by atoms with Crippen LogP contribution in [-0.2, 0) is 11.2 Å². The Kier molecular flexibility index (Phi) is 3.65. The maximum absolute atomic E-state index is 10.6. The van der Waals surface area contributed by atoms with Gasteiger partial charge in [-0.3, -0.25) is 4.79 Å². The molecule has 2 atom stereocenters. The summed E-state index contributed by atoms with van der Waals surface area (Å²) in [5, 5.41) is 8.71. The van der Waals surface area contributed by atoms with Crippen LogP contribution in [0, 0.1) is 5.92 Å². The topological polar surface area (TPSA) is 63.3 Å². The maximum Gasteiger partial charge on any atom is 0.320 e. The van der Waals surface area contributed by atoms with Crippen LogP contribution in [0.1, 0.15) is 12.5 Å². The number of aliphatic carboxylic acids is 1. The molecule has 3 nitrogen and oxygen atoms in total. The normalized spacial score (nSPS) is 14.7. The first-order valence-electron chi connectivity index (χ1n) is 4.63. The molecule has 0 radical (unpaired) electrons. The number of hydrogen-bond donors (Lipinski definition) is 2. The van der Waals surface area contributed by atoms with E-state index < -0.39 is 12.0 Å². The average molecular weight is 193 g/mol. The molecule has 1 rings (SSSR count). The van der Waals surface area contributed by atoms with Crippen molar-refractivity contribution in [2.75, 3.05) is 0 Å². The molecule has 0 saturated carbocycles. The highest BCUT2D eigenvalue weighted by atomic mass is 16.4. The van der Waals surface area contributed by atoms with Crippen LogP contribution in [0.4, 0.5) is 0 Å². The number of benzene rings is 1. The SMILES string of the molecule is C[C@@H](Cc1ccccc1)[C@H](N)C(=O)O. The molecule has 1 aromatic rings. The van der Waals surface area contributed by atoms with Gasteiger partial charge in [0.2, 0.25) is 0 Å². The third-order valence-corrected chi connectivity index (χ3v) is 2.30. The molecule has 0 unspecified atom stereocenters. The van der Waals surface area contributed by atoms with Gasteiger partial charge in [-0.1, -0.05) is 37.3 Å². The Morgan fingerprint density at radius 2 is 2.00 bits per heavy atom. The zero-order valence-corrected chi connectivity index (χ0v) is 8.18. The predicted molar refractivity (Wildman–Crippen MR) is 54.9 cm³/mol. The standard InChI is InChI=1S/C11H15NO2/c1-8(10(12)11(13)14)7-9-5-3-2-4-6-9/h2-6,8,10H,7,12H2,1H3,(H,13,14)/t8-,10-/m0/s1. The first-order chi connectivity index (χ1) is 6.61. The van der Waals surface area contributed by atoms with Gasteiger partial charge in [-0.25, -0.2) is 0 Å². The summed E-state index contributed by atoms with van der Waals surface area (Å²) < 4.78 is 0. The van der Waals surface area contributed by atoms with E-state index in [1.165, 1.54) is 0 Å². The summed E-state index contributed by atoms with van der Waals surface area (Å²) in [4.78, 5) is 10.6. The van der Waals surface area contributed by atoms with E-state index in [1.54, 1.807) is 0 Å². The Bertz CT molecular complexity index is 297. The number of carboxylic acids is 1. The van der Waals surface area contributed by atoms with Gasteiger partial charge in [0, 0.05) is 0 Å². The van der Waals surface area contributed by atoms with Gasteiger partial charge in [0.05, 0.1) is 0 Å². The monoisotopic (exact) mass is 193 g/mol. The van der Waals surface area contributed by atoms with Crippen LogP contribution in [0.25, 0.3) is 0 Å². The largest absolute Gasteiger partial charge is 0.480 e. The van der Waals surface area contributed by atoms with E-state index in [0.29, 0.717) is 6.42 Å². The molecule has 1 aromatic carbocycles. The van der Waals surface area contributed by atoms with Gasteiger partial charge in [-0.2, -0.15) is 0 Å². The summed E-state index contributed by atoms with van der Waals surface area (Å²) in [7, 11) is 0. The number of nitrogens with two attached hydrogens (primary N) is 1. The number of rotatable bonds is 4. The number of carboxylic acid groups (broad SMARTS) is 1. The van der Waals surface area contributed by atoms with Gasteiger partial charge >= 0.3 is 5.97 Å². The molecule has 0 bridgehead atoms. The second-order valence-corrected chi connectivity index (χ2v) is 3.53. The molecule has 0 aliphatic rings. The summed E-state index contributed by atoms with van der Waals surface area (Å²) in [5.74, 6) is -0.983. The van der Waals surface area contributed by atoms with Gasteiger partial charge in [0.1, 0.15) is 6.04 Å². The number of hydrogen-bond acceptors (Lipinski definition) is 2. The first kappa shape index (κ1) is 10.7. The van der Waals surface area contributed by atoms with Crippen molar-refractivity contribution >= 4 is 5.97 Å². The summed E-state index contributed by atoms with van der Waals surface area (Å²) in [6.07, 6.45) is 0.703. The van der Waals surface area contributed by atoms with Crippen molar-refractivity contribution in [1.29, 1.82) is 0 Å². The van der Waals surface area contributed by atoms with Crippen molar-refractivity contribution in [3.05, 3.63) is 35.9 Å². The van der Waals surface area contributed by atoms with E-state index in [2.05, 4.69) is 0 Å². The minimum absolute atomic E-state index is 0.0464. The van der Waals surface area contributed by atoms with Crippen molar-refractivity contribution in [2.45, 2.75) is 19.4 Å². The quantitative estimate of drug-likeness (QED) is 0.757. The van der Waals surface area contributed by atoms with Gasteiger partial charge in [-0.15, -0.1) is 0 Å². The minimum atomic E-state index is -0.937. The lowest BCUT2D eigenvalue weighted by Crippen LogP contribution is -2.37. The van der Waals surface area contributed by atoms with Crippen molar-refractivity contribution in [3.8, 4) is 0 Å². The van der Waals surface area contributed by atoms with Crippen LogP contribution in [0.15, 0.2) is 30.3 Å². The molecular formula is C11H15NO2. The third kappa shape index (κ3) is 2.85. The molecule has 0 amide bonds. The molecule has 3 N–H and O–H groups in total. The molecular weight excluding hydrogens is 178 g/mol. The van der Waals surface area contributed by atoms with E-state index in [4.69, 9.17) is 10.8 Å². The van der Waals surface area contributed by atoms with E-state index in [1.807, 2.05) is 37.3 Å². The van der Waals surface area contributed by atoms with Crippen LogP contribution in [0.3, 0.4) is 0 Å². The predicted octanol–water partition coefficient (Wildman–Crippen LogP) is 1.28. The molecule has 0 heterocycles. The highest BCUT2D eigenvalue weighted by Gasteiger charge is 2.19. The Balaban J connectivity index is 2.57. The lowest BCUT2D eigenvalue weighted by Gasteiger charge is -2.15. The van der Waals surface area contributed by atoms with Crippen LogP contribution in [0.2, 0.25) is 0 Å². The fourth-order valence-electron chi connectivity index (χ4n) is 1.36. The summed E-state index contributed by atoms with van der Waals surface area (Å²) >= 11 is 0. The Morgan fingerprint density at radius 1 is 1.43 bits per heavy atom. The van der Waals surface area contributed by atoms with E-state index in [9.17, 15) is 4.79 Å². The second kappa shape index (κ2) is 4.77. The molecule has 0 aromatic heterocycles. The summed E-state index contributed by atoms with van der Waals surface area (Å²) in [6.45, 7) is 1.85. The molecule has 76 valence electrons. The molecule has 0 aliphatic carbocycles. The Labute approximate surface area is 83.6 Å². The van der Waals surface area contributed by atoms with Crippen molar-refractivity contribution in [1.82, 2.24) is 0 Å². The van der Waals surface area contributed by atoms with Gasteiger partial charge in [-0.05, 0) is 17.9 Å². The van der Waals surface area contributed by atoms with E-state index in [0.717, 1.165) is 5.56 Å². The average Bonchev–Trinajstić information content (AvgIpc) is 2.18. The van der Waals surface area contributed by atoms with Gasteiger partial charge in [0.25, 0.3) is 0 Å². The zero-order chi connectivity index (χ0) is 10.6. The third-order valence-electron chi connectivity index (χ3n) is 2.30. The van der Waals surface area contributed by atoms with E-state index in [-0.39, 0.29) is 5.92 Å².